The Bertz CT molecular complexity index is 2060. The van der Waals surface area contributed by atoms with Crippen LogP contribution in [0.2, 0.25) is 0 Å². The molecule has 3 atom stereocenters. The lowest BCUT2D eigenvalue weighted by Gasteiger charge is -2.35. The molecule has 3 aliphatic heterocycles. The Balaban J connectivity index is 0.773. The van der Waals surface area contributed by atoms with Gasteiger partial charge in [0, 0.05) is 63.7 Å². The van der Waals surface area contributed by atoms with Crippen molar-refractivity contribution in [3.63, 3.8) is 0 Å². The van der Waals surface area contributed by atoms with Crippen LogP contribution in [0.5, 0.6) is 11.5 Å². The highest BCUT2D eigenvalue weighted by Crippen LogP contribution is 2.47. The van der Waals surface area contributed by atoms with Gasteiger partial charge in [-0.1, -0.05) is 60.7 Å². The van der Waals surface area contributed by atoms with E-state index in [4.69, 9.17) is 4.74 Å². The van der Waals surface area contributed by atoms with E-state index in [0.29, 0.717) is 49.9 Å². The Morgan fingerprint density at radius 1 is 0.818 bits per heavy atom. The number of piperazine rings is 1. The molecule has 0 spiro atoms. The van der Waals surface area contributed by atoms with Crippen molar-refractivity contribution in [3.05, 3.63) is 130 Å². The van der Waals surface area contributed by atoms with Gasteiger partial charge in [0.05, 0.1) is 6.54 Å². The van der Waals surface area contributed by atoms with Crippen LogP contribution >= 0.6 is 0 Å². The molecular formula is C44H47N5O6. The van der Waals surface area contributed by atoms with Crippen LogP contribution in [-0.2, 0) is 33.9 Å². The molecule has 11 heteroatoms. The van der Waals surface area contributed by atoms with E-state index < -0.39 is 11.9 Å². The van der Waals surface area contributed by atoms with Crippen LogP contribution in [0.3, 0.4) is 0 Å². The van der Waals surface area contributed by atoms with Crippen molar-refractivity contribution < 1.29 is 29.0 Å². The number of aryl methyl sites for hydroxylation is 1. The fourth-order valence-electron chi connectivity index (χ4n) is 8.71. The highest BCUT2D eigenvalue weighted by Gasteiger charge is 2.39. The summed E-state index contributed by atoms with van der Waals surface area (Å²) >= 11 is 0. The normalized spacial score (nSPS) is 21.5. The van der Waals surface area contributed by atoms with Crippen LogP contribution < -0.4 is 15.4 Å². The number of imide groups is 1. The quantitative estimate of drug-likeness (QED) is 0.194. The summed E-state index contributed by atoms with van der Waals surface area (Å²) in [5.74, 6) is 0.728. The number of fused-ring (bicyclic) bond motifs is 2. The molecule has 1 aliphatic carbocycles. The zero-order valence-corrected chi connectivity index (χ0v) is 30.9. The molecule has 0 aromatic heterocycles. The molecule has 4 amide bonds. The number of phenolic OH excluding ortho intramolecular Hbond substituents is 1. The lowest BCUT2D eigenvalue weighted by atomic mass is 9.69. The van der Waals surface area contributed by atoms with E-state index in [1.807, 2.05) is 18.2 Å². The second-order valence-electron chi connectivity index (χ2n) is 15.1. The number of nitrogens with one attached hydrogen (secondary N) is 2. The summed E-state index contributed by atoms with van der Waals surface area (Å²) < 4.78 is 6.19. The SMILES string of the molecule is O=C(CN1CCN(CCOc2ccc(C3c4ccc(O)cc4CCC3c3ccccc3)cc2)CC1)NCc1ccc2c(c1)CN(C1CCC(=O)NC1=O)C2=O. The van der Waals surface area contributed by atoms with Crippen LogP contribution in [0.1, 0.15) is 74.8 Å². The zero-order valence-electron chi connectivity index (χ0n) is 30.9. The molecule has 11 nitrogen and oxygen atoms in total. The van der Waals surface area contributed by atoms with Gasteiger partial charge in [-0.3, -0.25) is 34.3 Å². The average Bonchev–Trinajstić information content (AvgIpc) is 3.52. The first kappa shape index (κ1) is 36.5. The van der Waals surface area contributed by atoms with Gasteiger partial charge in [0.2, 0.25) is 17.7 Å². The van der Waals surface area contributed by atoms with Crippen molar-refractivity contribution in [1.29, 1.82) is 0 Å². The standard InChI is InChI=1S/C44H47N5O6/c50-34-10-15-37-32(25-34)9-14-36(30-4-2-1-3-5-30)42(37)31-7-11-35(12-8-31)55-23-22-47-18-20-48(21-19-47)28-41(52)45-26-29-6-13-38-33(24-29)27-49(44(38)54)39-16-17-40(51)46-43(39)53/h1-8,10-13,15,24-25,36,39,42,50H,9,14,16-23,26-28H2,(H,45,52)(H,46,51,53). The smallest absolute Gasteiger partial charge is 0.255 e. The number of piperidine rings is 1. The number of hydrogen-bond acceptors (Lipinski definition) is 8. The number of ether oxygens (including phenoxy) is 1. The molecule has 2 fully saturated rings. The van der Waals surface area contributed by atoms with Crippen molar-refractivity contribution in [3.8, 4) is 11.5 Å². The Kier molecular flexibility index (Phi) is 10.6. The third kappa shape index (κ3) is 8.13. The molecular weight excluding hydrogens is 695 g/mol. The van der Waals surface area contributed by atoms with Crippen LogP contribution in [0.15, 0.2) is 91.0 Å². The van der Waals surface area contributed by atoms with E-state index in [9.17, 15) is 24.3 Å². The first-order valence-electron chi connectivity index (χ1n) is 19.4. The predicted octanol–water partition coefficient (Wildman–Crippen LogP) is 4.33. The second-order valence-corrected chi connectivity index (χ2v) is 15.1. The number of rotatable bonds is 11. The maximum Gasteiger partial charge on any atom is 0.255 e. The predicted molar refractivity (Wildman–Crippen MR) is 207 cm³/mol. The summed E-state index contributed by atoms with van der Waals surface area (Å²) in [6.07, 6.45) is 2.51. The summed E-state index contributed by atoms with van der Waals surface area (Å²) in [5.41, 5.74) is 7.35. The van der Waals surface area contributed by atoms with Gasteiger partial charge in [-0.2, -0.15) is 0 Å². The zero-order chi connectivity index (χ0) is 37.9. The Hall–Kier alpha value is -5.52. The molecule has 2 saturated heterocycles. The van der Waals surface area contributed by atoms with Crippen LogP contribution in [-0.4, -0.2) is 95.4 Å². The van der Waals surface area contributed by atoms with E-state index in [-0.39, 0.29) is 30.1 Å². The van der Waals surface area contributed by atoms with Gasteiger partial charge in [-0.15, -0.1) is 0 Å². The van der Waals surface area contributed by atoms with Crippen molar-refractivity contribution in [2.24, 2.45) is 0 Å². The second kappa shape index (κ2) is 16.1. The topological polar surface area (TPSA) is 132 Å². The molecule has 0 bridgehead atoms. The first-order valence-corrected chi connectivity index (χ1v) is 19.4. The van der Waals surface area contributed by atoms with Gasteiger partial charge in [0.15, 0.2) is 0 Å². The van der Waals surface area contributed by atoms with E-state index in [1.54, 1.807) is 12.1 Å². The fourth-order valence-corrected chi connectivity index (χ4v) is 8.71. The molecule has 3 heterocycles. The largest absolute Gasteiger partial charge is 0.508 e. The minimum absolute atomic E-state index is 0.0491. The summed E-state index contributed by atoms with van der Waals surface area (Å²) in [7, 11) is 0. The molecule has 4 aromatic carbocycles. The van der Waals surface area contributed by atoms with Crippen molar-refractivity contribution in [2.75, 3.05) is 45.9 Å². The number of carbonyl (C=O) groups is 4. The minimum Gasteiger partial charge on any atom is -0.508 e. The number of carbonyl (C=O) groups excluding carboxylic acids is 4. The molecule has 0 radical (unpaired) electrons. The maximum atomic E-state index is 13.0. The van der Waals surface area contributed by atoms with E-state index in [0.717, 1.165) is 62.4 Å². The van der Waals surface area contributed by atoms with Crippen molar-refractivity contribution in [2.45, 2.75) is 56.7 Å². The molecule has 284 valence electrons. The Morgan fingerprint density at radius 2 is 1.60 bits per heavy atom. The van der Waals surface area contributed by atoms with Gasteiger partial charge in [0.25, 0.3) is 5.91 Å². The summed E-state index contributed by atoms with van der Waals surface area (Å²) in [5, 5.41) is 15.5. The monoisotopic (exact) mass is 741 g/mol. The molecule has 4 aromatic rings. The average molecular weight is 742 g/mol. The molecule has 55 heavy (non-hydrogen) atoms. The van der Waals surface area contributed by atoms with Crippen LogP contribution in [0.25, 0.3) is 0 Å². The number of hydrogen-bond donors (Lipinski definition) is 3. The summed E-state index contributed by atoms with van der Waals surface area (Å²) in [4.78, 5) is 55.8. The van der Waals surface area contributed by atoms with Crippen molar-refractivity contribution >= 4 is 23.6 Å². The molecule has 8 rings (SSSR count). The number of aromatic hydroxyl groups is 1. The first-order chi connectivity index (χ1) is 26.8. The molecule has 4 aliphatic rings. The third-order valence-corrected chi connectivity index (χ3v) is 11.6. The lowest BCUT2D eigenvalue weighted by Crippen LogP contribution is -2.52. The lowest BCUT2D eigenvalue weighted by molar-refractivity contribution is -0.137. The molecule has 3 N–H and O–H groups in total. The maximum absolute atomic E-state index is 13.0. The number of benzene rings is 4. The summed E-state index contributed by atoms with van der Waals surface area (Å²) in [6.45, 7) is 5.66. The van der Waals surface area contributed by atoms with Crippen LogP contribution in [0.4, 0.5) is 0 Å². The Labute approximate surface area is 321 Å². The number of amides is 4. The fraction of sp³-hybridized carbons (Fsp3) is 0.364. The highest BCUT2D eigenvalue weighted by atomic mass is 16.5. The van der Waals surface area contributed by atoms with Crippen LogP contribution in [0, 0.1) is 0 Å². The van der Waals surface area contributed by atoms with Gasteiger partial charge < -0.3 is 20.1 Å². The molecule has 0 saturated carbocycles. The molecule has 3 unspecified atom stereocenters. The van der Waals surface area contributed by atoms with Gasteiger partial charge in [-0.25, -0.2) is 0 Å². The number of phenols is 1. The third-order valence-electron chi connectivity index (χ3n) is 11.6. The Morgan fingerprint density at radius 3 is 2.38 bits per heavy atom. The van der Waals surface area contributed by atoms with Gasteiger partial charge in [0.1, 0.15) is 24.1 Å². The minimum atomic E-state index is -0.649. The van der Waals surface area contributed by atoms with E-state index in [1.165, 1.54) is 27.2 Å². The highest BCUT2D eigenvalue weighted by molar-refractivity contribution is 6.05. The van der Waals surface area contributed by atoms with Gasteiger partial charge in [-0.05, 0) is 88.9 Å². The van der Waals surface area contributed by atoms with E-state index in [2.05, 4.69) is 81.1 Å². The van der Waals surface area contributed by atoms with Gasteiger partial charge >= 0.3 is 0 Å². The van der Waals surface area contributed by atoms with E-state index >= 15 is 0 Å². The van der Waals surface area contributed by atoms with Crippen molar-refractivity contribution in [1.82, 2.24) is 25.3 Å². The summed E-state index contributed by atoms with van der Waals surface area (Å²) in [6, 6.07) is 29.9. The number of nitrogens with zero attached hydrogens (tertiary/aromatic N) is 3.